The molecule has 3 nitrogen and oxygen atoms in total. The summed E-state index contributed by atoms with van der Waals surface area (Å²) in [5.41, 5.74) is -0.557. The highest BCUT2D eigenvalue weighted by atomic mass is 16.5. The van der Waals surface area contributed by atoms with E-state index in [4.69, 9.17) is 4.74 Å². The number of hydrogen-bond acceptors (Lipinski definition) is 3. The van der Waals surface area contributed by atoms with Gasteiger partial charge in [-0.15, -0.1) is 0 Å². The summed E-state index contributed by atoms with van der Waals surface area (Å²) in [4.78, 5) is 0. The molecule has 108 valence electrons. The molecule has 0 heterocycles. The monoisotopic (exact) mass is 273 g/mol. The van der Waals surface area contributed by atoms with Gasteiger partial charge in [0.2, 0.25) is 0 Å². The Morgan fingerprint density at radius 1 is 1.25 bits per heavy atom. The lowest BCUT2D eigenvalue weighted by atomic mass is 9.63. The molecule has 1 aliphatic rings. The van der Waals surface area contributed by atoms with Crippen molar-refractivity contribution < 1.29 is 9.84 Å². The molecule has 3 heteroatoms. The van der Waals surface area contributed by atoms with Crippen LogP contribution in [-0.2, 0) is 6.42 Å². The zero-order valence-electron chi connectivity index (χ0n) is 12.4. The summed E-state index contributed by atoms with van der Waals surface area (Å²) in [6, 6.07) is 10.1. The van der Waals surface area contributed by atoms with Gasteiger partial charge < -0.3 is 9.84 Å². The number of ether oxygens (including phenoxy) is 1. The molecule has 1 aromatic carbocycles. The first-order valence-corrected chi connectivity index (χ1v) is 7.30. The number of nitrogens with zero attached hydrogens (tertiary/aromatic N) is 1. The number of aliphatic hydroxyl groups is 1. The second kappa shape index (κ2) is 5.85. The third kappa shape index (κ3) is 2.81. The molecule has 20 heavy (non-hydrogen) atoms. The Kier molecular flexibility index (Phi) is 4.35. The number of benzene rings is 1. The van der Waals surface area contributed by atoms with Crippen molar-refractivity contribution in [2.24, 2.45) is 5.41 Å². The summed E-state index contributed by atoms with van der Waals surface area (Å²) in [6.45, 7) is 1.81. The molecule has 0 bridgehead atoms. The van der Waals surface area contributed by atoms with Gasteiger partial charge in [0.25, 0.3) is 0 Å². The first-order valence-electron chi connectivity index (χ1n) is 7.30. The molecule has 1 saturated carbocycles. The SMILES string of the molecule is COc1ccc(CC(C)(O)C2(C#N)CCCCC2)cc1. The van der Waals surface area contributed by atoms with Crippen molar-refractivity contribution in [1.29, 1.82) is 5.26 Å². The van der Waals surface area contributed by atoms with Crippen LogP contribution in [0.15, 0.2) is 24.3 Å². The molecule has 0 aliphatic heterocycles. The third-order valence-electron chi connectivity index (χ3n) is 4.66. The van der Waals surface area contributed by atoms with E-state index in [2.05, 4.69) is 6.07 Å². The van der Waals surface area contributed by atoms with Gasteiger partial charge in [0.15, 0.2) is 0 Å². The first kappa shape index (κ1) is 14.9. The van der Waals surface area contributed by atoms with Crippen molar-refractivity contribution in [3.05, 3.63) is 29.8 Å². The number of rotatable bonds is 4. The van der Waals surface area contributed by atoms with Gasteiger partial charge in [-0.25, -0.2) is 0 Å². The van der Waals surface area contributed by atoms with Gasteiger partial charge in [-0.05, 0) is 37.5 Å². The minimum Gasteiger partial charge on any atom is -0.497 e. The van der Waals surface area contributed by atoms with Crippen LogP contribution in [0.1, 0.15) is 44.6 Å². The summed E-state index contributed by atoms with van der Waals surface area (Å²) in [5.74, 6) is 0.807. The largest absolute Gasteiger partial charge is 0.497 e. The molecule has 1 aliphatic carbocycles. The normalized spacial score (nSPS) is 20.7. The number of methoxy groups -OCH3 is 1. The highest BCUT2D eigenvalue weighted by Gasteiger charge is 2.47. The second-order valence-corrected chi connectivity index (χ2v) is 6.05. The van der Waals surface area contributed by atoms with E-state index < -0.39 is 11.0 Å². The molecule has 1 fully saturated rings. The Balaban J connectivity index is 2.18. The Hall–Kier alpha value is -1.53. The highest BCUT2D eigenvalue weighted by molar-refractivity contribution is 5.29. The van der Waals surface area contributed by atoms with Crippen molar-refractivity contribution in [3.8, 4) is 11.8 Å². The molecule has 0 aromatic heterocycles. The molecule has 0 radical (unpaired) electrons. The average molecular weight is 273 g/mol. The number of hydrogen-bond donors (Lipinski definition) is 1. The van der Waals surface area contributed by atoms with Crippen molar-refractivity contribution in [1.82, 2.24) is 0 Å². The molecule has 2 rings (SSSR count). The minimum absolute atomic E-state index is 0.505. The van der Waals surface area contributed by atoms with Crippen LogP contribution in [0.4, 0.5) is 0 Å². The molecular weight excluding hydrogens is 250 g/mol. The topological polar surface area (TPSA) is 53.2 Å². The fourth-order valence-corrected chi connectivity index (χ4v) is 3.24. The van der Waals surface area contributed by atoms with Crippen molar-refractivity contribution in [2.75, 3.05) is 7.11 Å². The average Bonchev–Trinajstić information content (AvgIpc) is 2.48. The second-order valence-electron chi connectivity index (χ2n) is 6.05. The summed E-state index contributed by atoms with van der Waals surface area (Å²) < 4.78 is 5.14. The quantitative estimate of drug-likeness (QED) is 0.914. The van der Waals surface area contributed by atoms with Crippen LogP contribution in [0.25, 0.3) is 0 Å². The fourth-order valence-electron chi connectivity index (χ4n) is 3.24. The van der Waals surface area contributed by atoms with Crippen LogP contribution >= 0.6 is 0 Å². The molecule has 1 aromatic rings. The molecule has 0 saturated heterocycles. The lowest BCUT2D eigenvalue weighted by Gasteiger charge is -2.43. The molecule has 0 amide bonds. The Morgan fingerprint density at radius 3 is 2.35 bits per heavy atom. The van der Waals surface area contributed by atoms with E-state index in [9.17, 15) is 10.4 Å². The van der Waals surface area contributed by atoms with Crippen LogP contribution in [-0.4, -0.2) is 17.8 Å². The van der Waals surface area contributed by atoms with E-state index in [-0.39, 0.29) is 0 Å². The Labute approximate surface area is 121 Å². The van der Waals surface area contributed by atoms with E-state index in [1.54, 1.807) is 7.11 Å². The van der Waals surface area contributed by atoms with Gasteiger partial charge in [0.1, 0.15) is 5.75 Å². The van der Waals surface area contributed by atoms with Crippen LogP contribution in [0, 0.1) is 16.7 Å². The van der Waals surface area contributed by atoms with E-state index in [0.717, 1.165) is 37.0 Å². The van der Waals surface area contributed by atoms with Crippen LogP contribution in [0.3, 0.4) is 0 Å². The maximum Gasteiger partial charge on any atom is 0.118 e. The molecule has 1 atom stereocenters. The highest BCUT2D eigenvalue weighted by Crippen LogP contribution is 2.45. The van der Waals surface area contributed by atoms with Gasteiger partial charge >= 0.3 is 0 Å². The lowest BCUT2D eigenvalue weighted by molar-refractivity contribution is -0.0569. The van der Waals surface area contributed by atoms with Crippen LogP contribution in [0.5, 0.6) is 5.75 Å². The van der Waals surface area contributed by atoms with Crippen LogP contribution < -0.4 is 4.74 Å². The predicted octanol–water partition coefficient (Wildman–Crippen LogP) is 3.46. The van der Waals surface area contributed by atoms with Gasteiger partial charge in [-0.2, -0.15) is 5.26 Å². The van der Waals surface area contributed by atoms with Gasteiger partial charge in [0, 0.05) is 6.42 Å². The maximum absolute atomic E-state index is 10.9. The summed E-state index contributed by atoms with van der Waals surface area (Å²) in [5, 5.41) is 20.5. The standard InChI is InChI=1S/C17H23NO2/c1-16(19,17(13-18)10-4-3-5-11-17)12-14-6-8-15(20-2)9-7-14/h6-9,19H,3-5,10-12H2,1-2H3. The maximum atomic E-state index is 10.9. The summed E-state index contributed by atoms with van der Waals surface area (Å²) in [7, 11) is 1.64. The van der Waals surface area contributed by atoms with E-state index in [1.807, 2.05) is 31.2 Å². The van der Waals surface area contributed by atoms with E-state index >= 15 is 0 Å². The zero-order valence-corrected chi connectivity index (χ0v) is 12.4. The molecule has 1 N–H and O–H groups in total. The number of nitriles is 1. The zero-order chi connectivity index (χ0) is 14.6. The Morgan fingerprint density at radius 2 is 1.85 bits per heavy atom. The minimum atomic E-state index is -0.989. The summed E-state index contributed by atoms with van der Waals surface area (Å²) >= 11 is 0. The van der Waals surface area contributed by atoms with Gasteiger partial charge in [-0.3, -0.25) is 0 Å². The smallest absolute Gasteiger partial charge is 0.118 e. The van der Waals surface area contributed by atoms with E-state index in [1.165, 1.54) is 6.42 Å². The molecule has 0 spiro atoms. The fraction of sp³-hybridized carbons (Fsp3) is 0.588. The molecule has 1 unspecified atom stereocenters. The van der Waals surface area contributed by atoms with Crippen molar-refractivity contribution in [3.63, 3.8) is 0 Å². The van der Waals surface area contributed by atoms with Crippen molar-refractivity contribution >= 4 is 0 Å². The van der Waals surface area contributed by atoms with Crippen molar-refractivity contribution in [2.45, 2.75) is 51.0 Å². The van der Waals surface area contributed by atoms with Gasteiger partial charge in [0.05, 0.1) is 24.2 Å². The first-order chi connectivity index (χ1) is 9.53. The lowest BCUT2D eigenvalue weighted by Crippen LogP contribution is -2.48. The van der Waals surface area contributed by atoms with E-state index in [0.29, 0.717) is 6.42 Å². The molecular formula is C17H23NO2. The predicted molar refractivity (Wildman–Crippen MR) is 78.5 cm³/mol. The van der Waals surface area contributed by atoms with Gasteiger partial charge in [-0.1, -0.05) is 31.4 Å². The Bertz CT molecular complexity index is 479. The third-order valence-corrected chi connectivity index (χ3v) is 4.66. The summed E-state index contributed by atoms with van der Waals surface area (Å²) in [6.07, 6.45) is 5.34. The van der Waals surface area contributed by atoms with Crippen LogP contribution in [0.2, 0.25) is 0 Å².